The molecule has 1 aliphatic rings. The minimum atomic E-state index is -3.24. The molecule has 1 aliphatic heterocycles. The molecule has 0 aliphatic carbocycles. The number of amides is 1. The van der Waals surface area contributed by atoms with Crippen LogP contribution in [0.2, 0.25) is 0 Å². The fraction of sp³-hybridized carbons (Fsp3) is 0.875. The Morgan fingerprint density at radius 2 is 2.00 bits per heavy atom. The first-order chi connectivity index (χ1) is 6.34. The molecule has 0 aromatic carbocycles. The van der Waals surface area contributed by atoms with Gasteiger partial charge in [0.1, 0.15) is 6.04 Å². The van der Waals surface area contributed by atoms with E-state index in [4.69, 9.17) is 0 Å². The van der Waals surface area contributed by atoms with Gasteiger partial charge in [-0.2, -0.15) is 4.31 Å². The largest absolute Gasteiger partial charge is 0.347 e. The van der Waals surface area contributed by atoms with Crippen molar-refractivity contribution >= 4 is 15.9 Å². The smallest absolute Gasteiger partial charge is 0.240 e. The van der Waals surface area contributed by atoms with Crippen LogP contribution in [-0.4, -0.2) is 56.5 Å². The van der Waals surface area contributed by atoms with Gasteiger partial charge in [0.2, 0.25) is 15.9 Å². The number of sulfonamides is 1. The summed E-state index contributed by atoms with van der Waals surface area (Å²) in [5.41, 5.74) is 0. The molecule has 0 spiro atoms. The third-order valence-corrected chi connectivity index (χ3v) is 3.64. The van der Waals surface area contributed by atoms with E-state index in [-0.39, 0.29) is 5.91 Å². The SMILES string of the molecule is CN(C)C(=O)C1CCCN1S(C)(=O)=O. The summed E-state index contributed by atoms with van der Waals surface area (Å²) in [6.45, 7) is 0.461. The molecule has 0 aromatic rings. The van der Waals surface area contributed by atoms with Gasteiger partial charge in [0.25, 0.3) is 0 Å². The third kappa shape index (κ3) is 2.24. The number of hydrogen-bond acceptors (Lipinski definition) is 3. The maximum atomic E-state index is 11.6. The topological polar surface area (TPSA) is 57.7 Å². The molecule has 6 heteroatoms. The van der Waals surface area contributed by atoms with Crippen LogP contribution in [0.15, 0.2) is 0 Å². The second-order valence-corrected chi connectivity index (χ2v) is 5.70. The molecular formula is C8H16N2O3S. The average molecular weight is 220 g/mol. The fourth-order valence-corrected chi connectivity index (χ4v) is 2.80. The Hall–Kier alpha value is -0.620. The second-order valence-electron chi connectivity index (χ2n) is 3.76. The maximum absolute atomic E-state index is 11.6. The lowest BCUT2D eigenvalue weighted by molar-refractivity contribution is -0.132. The van der Waals surface area contributed by atoms with Gasteiger partial charge in [-0.25, -0.2) is 8.42 Å². The highest BCUT2D eigenvalue weighted by atomic mass is 32.2. The van der Waals surface area contributed by atoms with Gasteiger partial charge in [-0.1, -0.05) is 0 Å². The van der Waals surface area contributed by atoms with Crippen molar-refractivity contribution < 1.29 is 13.2 Å². The average Bonchev–Trinajstić information content (AvgIpc) is 2.48. The predicted molar refractivity (Wildman–Crippen MR) is 53.3 cm³/mol. The summed E-state index contributed by atoms with van der Waals surface area (Å²) < 4.78 is 23.9. The van der Waals surface area contributed by atoms with Crippen molar-refractivity contribution in [3.63, 3.8) is 0 Å². The molecule has 14 heavy (non-hydrogen) atoms. The van der Waals surface area contributed by atoms with E-state index < -0.39 is 16.1 Å². The van der Waals surface area contributed by atoms with Gasteiger partial charge in [0, 0.05) is 20.6 Å². The van der Waals surface area contributed by atoms with E-state index in [9.17, 15) is 13.2 Å². The van der Waals surface area contributed by atoms with Crippen molar-refractivity contribution in [2.45, 2.75) is 18.9 Å². The molecule has 1 amide bonds. The Balaban J connectivity index is 2.85. The number of nitrogens with zero attached hydrogens (tertiary/aromatic N) is 2. The second kappa shape index (κ2) is 3.86. The van der Waals surface area contributed by atoms with Gasteiger partial charge in [-0.05, 0) is 12.8 Å². The van der Waals surface area contributed by atoms with Crippen LogP contribution in [0.3, 0.4) is 0 Å². The Bertz CT molecular complexity index is 323. The van der Waals surface area contributed by atoms with Gasteiger partial charge in [0.15, 0.2) is 0 Å². The molecule has 0 radical (unpaired) electrons. The normalized spacial score (nSPS) is 23.8. The summed E-state index contributed by atoms with van der Waals surface area (Å²) in [5.74, 6) is -0.132. The first-order valence-electron chi connectivity index (χ1n) is 4.52. The number of rotatable bonds is 2. The molecule has 1 fully saturated rings. The molecule has 5 nitrogen and oxygen atoms in total. The van der Waals surface area contributed by atoms with Crippen molar-refractivity contribution in [3.05, 3.63) is 0 Å². The molecular weight excluding hydrogens is 204 g/mol. The molecule has 0 bridgehead atoms. The molecule has 1 atom stereocenters. The van der Waals surface area contributed by atoms with Gasteiger partial charge in [0.05, 0.1) is 6.26 Å². The lowest BCUT2D eigenvalue weighted by Gasteiger charge is -2.23. The van der Waals surface area contributed by atoms with Gasteiger partial charge >= 0.3 is 0 Å². The number of likely N-dealkylation sites (N-methyl/N-ethyl adjacent to an activating group) is 1. The van der Waals surface area contributed by atoms with E-state index in [1.54, 1.807) is 14.1 Å². The molecule has 1 unspecified atom stereocenters. The van der Waals surface area contributed by atoms with Gasteiger partial charge in [-0.3, -0.25) is 4.79 Å². The zero-order chi connectivity index (χ0) is 10.9. The molecule has 0 saturated carbocycles. The minimum Gasteiger partial charge on any atom is -0.347 e. The highest BCUT2D eigenvalue weighted by Gasteiger charge is 2.36. The summed E-state index contributed by atoms with van der Waals surface area (Å²) in [7, 11) is 0.0356. The van der Waals surface area contributed by atoms with Crippen LogP contribution >= 0.6 is 0 Å². The van der Waals surface area contributed by atoms with E-state index in [0.29, 0.717) is 13.0 Å². The highest BCUT2D eigenvalue weighted by molar-refractivity contribution is 7.88. The van der Waals surface area contributed by atoms with Crippen LogP contribution in [0.1, 0.15) is 12.8 Å². The van der Waals surface area contributed by atoms with Gasteiger partial charge < -0.3 is 4.90 Å². The molecule has 0 N–H and O–H groups in total. The Morgan fingerprint density at radius 3 is 2.43 bits per heavy atom. The lowest BCUT2D eigenvalue weighted by atomic mass is 10.2. The maximum Gasteiger partial charge on any atom is 0.240 e. The van der Waals surface area contributed by atoms with E-state index in [1.807, 2.05) is 0 Å². The first kappa shape index (κ1) is 11.5. The quantitative estimate of drug-likeness (QED) is 0.630. The summed E-state index contributed by atoms with van der Waals surface area (Å²) in [5, 5.41) is 0. The zero-order valence-electron chi connectivity index (χ0n) is 8.73. The highest BCUT2D eigenvalue weighted by Crippen LogP contribution is 2.21. The summed E-state index contributed by atoms with van der Waals surface area (Å²) >= 11 is 0. The number of carbonyl (C=O) groups excluding carboxylic acids is 1. The fourth-order valence-electron chi connectivity index (χ4n) is 1.68. The van der Waals surface area contributed by atoms with Crippen molar-refractivity contribution in [1.29, 1.82) is 0 Å². The minimum absolute atomic E-state index is 0.132. The molecule has 1 rings (SSSR count). The van der Waals surface area contributed by atoms with Crippen molar-refractivity contribution in [2.75, 3.05) is 26.9 Å². The van der Waals surface area contributed by atoms with E-state index in [1.165, 1.54) is 9.21 Å². The van der Waals surface area contributed by atoms with Crippen LogP contribution in [0, 0.1) is 0 Å². The molecule has 1 heterocycles. The summed E-state index contributed by atoms with van der Waals surface area (Å²) in [6, 6.07) is -0.486. The molecule has 0 aromatic heterocycles. The van der Waals surface area contributed by atoms with E-state index in [2.05, 4.69) is 0 Å². The Labute approximate surface area is 84.7 Å². The van der Waals surface area contributed by atoms with Crippen LogP contribution in [-0.2, 0) is 14.8 Å². The van der Waals surface area contributed by atoms with Crippen LogP contribution < -0.4 is 0 Å². The van der Waals surface area contributed by atoms with Crippen LogP contribution in [0.5, 0.6) is 0 Å². The van der Waals surface area contributed by atoms with E-state index >= 15 is 0 Å². The van der Waals surface area contributed by atoms with Gasteiger partial charge in [-0.15, -0.1) is 0 Å². The molecule has 82 valence electrons. The summed E-state index contributed by atoms with van der Waals surface area (Å²) in [4.78, 5) is 13.1. The third-order valence-electron chi connectivity index (χ3n) is 2.36. The zero-order valence-corrected chi connectivity index (χ0v) is 9.54. The lowest BCUT2D eigenvalue weighted by Crippen LogP contribution is -2.44. The van der Waals surface area contributed by atoms with Crippen molar-refractivity contribution in [1.82, 2.24) is 9.21 Å². The first-order valence-corrected chi connectivity index (χ1v) is 6.37. The van der Waals surface area contributed by atoms with Crippen LogP contribution in [0.4, 0.5) is 0 Å². The van der Waals surface area contributed by atoms with Crippen molar-refractivity contribution in [3.8, 4) is 0 Å². The standard InChI is InChI=1S/C8H16N2O3S/c1-9(2)8(11)7-5-4-6-10(7)14(3,12)13/h7H,4-6H2,1-3H3. The summed E-state index contributed by atoms with van der Waals surface area (Å²) in [6.07, 6.45) is 2.54. The predicted octanol–water partition coefficient (Wildman–Crippen LogP) is -0.501. The van der Waals surface area contributed by atoms with Crippen LogP contribution in [0.25, 0.3) is 0 Å². The van der Waals surface area contributed by atoms with E-state index in [0.717, 1.165) is 12.7 Å². The monoisotopic (exact) mass is 220 g/mol. The Morgan fingerprint density at radius 1 is 1.43 bits per heavy atom. The number of hydrogen-bond donors (Lipinski definition) is 0. The number of carbonyl (C=O) groups is 1. The Kier molecular flexibility index (Phi) is 3.16. The molecule has 1 saturated heterocycles. The van der Waals surface area contributed by atoms with Crippen molar-refractivity contribution in [2.24, 2.45) is 0 Å².